The van der Waals surface area contributed by atoms with E-state index in [0.717, 1.165) is 0 Å². The van der Waals surface area contributed by atoms with E-state index in [2.05, 4.69) is 9.47 Å². The van der Waals surface area contributed by atoms with Crippen LogP contribution in [-0.2, 0) is 19.1 Å². The number of esters is 2. The maximum atomic E-state index is 11.1. The van der Waals surface area contributed by atoms with Crippen LogP contribution in [0.2, 0.25) is 0 Å². The molecule has 0 spiro atoms. The van der Waals surface area contributed by atoms with Gasteiger partial charge in [0, 0.05) is 0 Å². The molecule has 2 atom stereocenters. The summed E-state index contributed by atoms with van der Waals surface area (Å²) in [6.45, 7) is 3.40. The molecule has 0 aromatic heterocycles. The molecule has 0 aliphatic rings. The van der Waals surface area contributed by atoms with Crippen LogP contribution in [0.1, 0.15) is 13.8 Å². The van der Waals surface area contributed by atoms with Crippen LogP contribution in [0.25, 0.3) is 0 Å². The Bertz CT molecular complexity index is 254. The summed E-state index contributed by atoms with van der Waals surface area (Å²) in [6.07, 6.45) is 0. The van der Waals surface area contributed by atoms with Gasteiger partial charge in [-0.15, -0.1) is 0 Å². The number of ether oxygens (including phenoxy) is 2. The molecule has 4 nitrogen and oxygen atoms in total. The number of carbonyl (C=O) groups excluding carboxylic acids is 2. The monoisotopic (exact) mass is 282 g/mol. The van der Waals surface area contributed by atoms with Gasteiger partial charge in [-0.2, -0.15) is 0 Å². The quantitative estimate of drug-likeness (QED) is 0.576. The largest absolute Gasteiger partial charge is 0.468 e. The van der Waals surface area contributed by atoms with Crippen LogP contribution in [0.5, 0.6) is 0 Å². The average Bonchev–Trinajstić information content (AvgIpc) is 2.26. The zero-order chi connectivity index (χ0) is 12.7. The lowest BCUT2D eigenvalue weighted by Crippen LogP contribution is -2.19. The Kier molecular flexibility index (Phi) is 7.78. The number of thiocarbonyl (C=S) groups is 1. The van der Waals surface area contributed by atoms with E-state index >= 15 is 0 Å². The molecule has 0 saturated heterocycles. The third-order valence-corrected chi connectivity index (χ3v) is 4.24. The summed E-state index contributed by atoms with van der Waals surface area (Å²) in [5.74, 6) is -0.669. The van der Waals surface area contributed by atoms with Crippen molar-refractivity contribution in [2.75, 3.05) is 14.2 Å². The molecule has 0 saturated carbocycles. The molecule has 7 heteroatoms. The number of carbonyl (C=O) groups is 2. The predicted molar refractivity (Wildman–Crippen MR) is 70.7 cm³/mol. The molecule has 2 unspecified atom stereocenters. The first-order valence-corrected chi connectivity index (χ1v) is 6.62. The topological polar surface area (TPSA) is 52.6 Å². The van der Waals surface area contributed by atoms with Gasteiger partial charge in [0.05, 0.1) is 14.2 Å². The highest BCUT2D eigenvalue weighted by Gasteiger charge is 2.20. The zero-order valence-electron chi connectivity index (χ0n) is 9.51. The Balaban J connectivity index is 4.08. The molecule has 0 heterocycles. The Labute approximate surface area is 109 Å². The first-order chi connectivity index (χ1) is 7.42. The maximum absolute atomic E-state index is 11.1. The van der Waals surface area contributed by atoms with Crippen LogP contribution >= 0.6 is 35.7 Å². The van der Waals surface area contributed by atoms with Gasteiger partial charge in [0.2, 0.25) is 0 Å². The normalized spacial score (nSPS) is 13.8. The van der Waals surface area contributed by atoms with E-state index in [9.17, 15) is 9.59 Å². The summed E-state index contributed by atoms with van der Waals surface area (Å²) in [6, 6.07) is 0. The van der Waals surface area contributed by atoms with E-state index in [-0.39, 0.29) is 22.4 Å². The molecule has 0 aliphatic heterocycles. The SMILES string of the molecule is COC(=O)C(C)SC(=S)SC(C)C(=O)OC. The Morgan fingerprint density at radius 3 is 1.56 bits per heavy atom. The van der Waals surface area contributed by atoms with E-state index in [1.54, 1.807) is 13.8 Å². The number of hydrogen-bond donors (Lipinski definition) is 0. The van der Waals surface area contributed by atoms with Gasteiger partial charge < -0.3 is 9.47 Å². The van der Waals surface area contributed by atoms with Gasteiger partial charge >= 0.3 is 11.9 Å². The standard InChI is InChI=1S/C9H14O4S3/c1-5(7(10)12-3)15-9(14)16-6(2)8(11)13-4/h5-6H,1-4H3. The minimum absolute atomic E-state index is 0.335. The van der Waals surface area contributed by atoms with Gasteiger partial charge in [-0.3, -0.25) is 9.59 Å². The number of thioether (sulfide) groups is 2. The van der Waals surface area contributed by atoms with Crippen molar-refractivity contribution < 1.29 is 19.1 Å². The third kappa shape index (κ3) is 5.72. The van der Waals surface area contributed by atoms with Gasteiger partial charge in [0.25, 0.3) is 0 Å². The molecule has 16 heavy (non-hydrogen) atoms. The lowest BCUT2D eigenvalue weighted by Gasteiger charge is -2.12. The zero-order valence-corrected chi connectivity index (χ0v) is 12.0. The van der Waals surface area contributed by atoms with E-state index in [1.807, 2.05) is 0 Å². The summed E-state index contributed by atoms with van der Waals surface area (Å²) in [5, 5.41) is -0.732. The minimum atomic E-state index is -0.366. The average molecular weight is 282 g/mol. The summed E-state index contributed by atoms with van der Waals surface area (Å²) >= 11 is 7.45. The highest BCUT2D eigenvalue weighted by Crippen LogP contribution is 2.26. The molecule has 0 amide bonds. The minimum Gasteiger partial charge on any atom is -0.468 e. The van der Waals surface area contributed by atoms with Gasteiger partial charge in [0.1, 0.15) is 14.0 Å². The van der Waals surface area contributed by atoms with Crippen molar-refractivity contribution in [2.24, 2.45) is 0 Å². The molecular formula is C9H14O4S3. The molecular weight excluding hydrogens is 268 g/mol. The van der Waals surface area contributed by atoms with E-state index < -0.39 is 0 Å². The summed E-state index contributed by atoms with van der Waals surface area (Å²) in [5.41, 5.74) is 0. The summed E-state index contributed by atoms with van der Waals surface area (Å²) < 4.78 is 9.66. The van der Waals surface area contributed by atoms with Crippen LogP contribution in [0.3, 0.4) is 0 Å². The molecule has 0 aromatic carbocycles. The van der Waals surface area contributed by atoms with Crippen molar-refractivity contribution in [1.29, 1.82) is 0 Å². The summed E-state index contributed by atoms with van der Waals surface area (Å²) in [7, 11) is 2.65. The van der Waals surface area contributed by atoms with E-state index in [1.165, 1.54) is 37.7 Å². The third-order valence-electron chi connectivity index (χ3n) is 1.61. The second-order valence-electron chi connectivity index (χ2n) is 2.82. The molecule has 0 fully saturated rings. The second-order valence-corrected chi connectivity index (χ2v) is 6.70. The van der Waals surface area contributed by atoms with Crippen LogP contribution in [0, 0.1) is 0 Å². The van der Waals surface area contributed by atoms with Gasteiger partial charge in [0.15, 0.2) is 0 Å². The van der Waals surface area contributed by atoms with Crippen molar-refractivity contribution in [1.82, 2.24) is 0 Å². The van der Waals surface area contributed by atoms with E-state index in [0.29, 0.717) is 3.53 Å². The predicted octanol–water partition coefficient (Wildman–Crippen LogP) is 1.86. The van der Waals surface area contributed by atoms with Crippen LogP contribution in [-0.4, -0.2) is 40.2 Å². The van der Waals surface area contributed by atoms with Crippen molar-refractivity contribution >= 4 is 51.2 Å². The number of rotatable bonds is 4. The van der Waals surface area contributed by atoms with Crippen molar-refractivity contribution in [3.63, 3.8) is 0 Å². The molecule has 0 N–H and O–H groups in total. The van der Waals surface area contributed by atoms with Crippen LogP contribution in [0.4, 0.5) is 0 Å². The lowest BCUT2D eigenvalue weighted by atomic mass is 10.5. The van der Waals surface area contributed by atoms with Crippen molar-refractivity contribution in [2.45, 2.75) is 24.3 Å². The van der Waals surface area contributed by atoms with Crippen molar-refractivity contribution in [3.05, 3.63) is 0 Å². The summed E-state index contributed by atoms with van der Waals surface area (Å²) in [4.78, 5) is 22.2. The second kappa shape index (κ2) is 7.92. The van der Waals surface area contributed by atoms with Crippen LogP contribution in [0.15, 0.2) is 0 Å². The van der Waals surface area contributed by atoms with Gasteiger partial charge in [-0.1, -0.05) is 35.7 Å². The fourth-order valence-electron chi connectivity index (χ4n) is 0.745. The van der Waals surface area contributed by atoms with Crippen LogP contribution < -0.4 is 0 Å². The fourth-order valence-corrected chi connectivity index (χ4v) is 3.66. The lowest BCUT2D eigenvalue weighted by molar-refractivity contribution is -0.140. The fraction of sp³-hybridized carbons (Fsp3) is 0.667. The molecule has 0 bridgehead atoms. The van der Waals surface area contributed by atoms with E-state index in [4.69, 9.17) is 12.2 Å². The first-order valence-electron chi connectivity index (χ1n) is 4.45. The Morgan fingerprint density at radius 1 is 1.00 bits per heavy atom. The maximum Gasteiger partial charge on any atom is 0.318 e. The molecule has 0 rings (SSSR count). The van der Waals surface area contributed by atoms with Gasteiger partial charge in [-0.05, 0) is 13.8 Å². The van der Waals surface area contributed by atoms with Crippen molar-refractivity contribution in [3.8, 4) is 0 Å². The number of methoxy groups -OCH3 is 2. The first kappa shape index (κ1) is 15.7. The number of hydrogen-bond acceptors (Lipinski definition) is 7. The Hall–Kier alpha value is -0.270. The van der Waals surface area contributed by atoms with Gasteiger partial charge in [-0.25, -0.2) is 0 Å². The molecule has 0 aromatic rings. The highest BCUT2D eigenvalue weighted by molar-refractivity contribution is 8.47. The smallest absolute Gasteiger partial charge is 0.318 e. The highest BCUT2D eigenvalue weighted by atomic mass is 32.2. The molecule has 92 valence electrons. The molecule has 0 aliphatic carbocycles. The Morgan fingerprint density at radius 2 is 1.31 bits per heavy atom. The molecule has 0 radical (unpaired) electrons.